The highest BCUT2D eigenvalue weighted by molar-refractivity contribution is 6.09. The van der Waals surface area contributed by atoms with Gasteiger partial charge >= 0.3 is 12.2 Å². The Kier molecular flexibility index (Phi) is 5.58. The summed E-state index contributed by atoms with van der Waals surface area (Å²) in [6, 6.07) is 6.31. The minimum atomic E-state index is -4.57. The van der Waals surface area contributed by atoms with Gasteiger partial charge in [-0.1, -0.05) is 37.6 Å². The fourth-order valence-corrected chi connectivity index (χ4v) is 2.73. The van der Waals surface area contributed by atoms with E-state index in [1.165, 1.54) is 6.92 Å². The highest BCUT2D eigenvalue weighted by Crippen LogP contribution is 2.29. The number of nitrogens with one attached hydrogen (secondary N) is 2. The number of hydrogen-bond donors (Lipinski definition) is 2. The van der Waals surface area contributed by atoms with Crippen molar-refractivity contribution < 1.29 is 27.6 Å². The van der Waals surface area contributed by atoms with Crippen LogP contribution in [0, 0.1) is 0 Å². The van der Waals surface area contributed by atoms with Gasteiger partial charge in [-0.25, -0.2) is 4.79 Å². The standard InChI is InChI=1S/C17H20F3N3O3/c1-3-4-11-5-7-12(8-6-11)16(2)14(25)23(15(26)22-16)9-13(24)21-10-17(18,19)20/h5-8H,3-4,9-10H2,1-2H3,(H,21,24)(H,22,26)/t16-/m1/s1. The lowest BCUT2D eigenvalue weighted by molar-refractivity contribution is -0.141. The van der Waals surface area contributed by atoms with Gasteiger partial charge in [0.1, 0.15) is 18.6 Å². The Morgan fingerprint density at radius 3 is 2.38 bits per heavy atom. The molecule has 1 atom stereocenters. The van der Waals surface area contributed by atoms with Crippen LogP contribution in [0.3, 0.4) is 0 Å². The molecule has 0 aromatic heterocycles. The number of urea groups is 1. The van der Waals surface area contributed by atoms with Gasteiger partial charge in [0.15, 0.2) is 0 Å². The molecule has 0 unspecified atom stereocenters. The zero-order valence-corrected chi connectivity index (χ0v) is 14.4. The van der Waals surface area contributed by atoms with Crippen LogP contribution in [0.15, 0.2) is 24.3 Å². The number of rotatable bonds is 6. The maximum absolute atomic E-state index is 12.6. The molecular formula is C17H20F3N3O3. The van der Waals surface area contributed by atoms with Gasteiger partial charge in [0, 0.05) is 0 Å². The maximum Gasteiger partial charge on any atom is 0.405 e. The van der Waals surface area contributed by atoms with E-state index < -0.39 is 42.7 Å². The number of carbonyl (C=O) groups excluding carboxylic acids is 3. The molecule has 9 heteroatoms. The van der Waals surface area contributed by atoms with Crippen molar-refractivity contribution in [3.8, 4) is 0 Å². The molecular weight excluding hydrogens is 351 g/mol. The van der Waals surface area contributed by atoms with Gasteiger partial charge in [-0.15, -0.1) is 0 Å². The number of nitrogens with zero attached hydrogens (tertiary/aromatic N) is 1. The third kappa shape index (κ3) is 4.33. The first-order chi connectivity index (χ1) is 12.1. The number of amides is 4. The Balaban J connectivity index is 2.10. The van der Waals surface area contributed by atoms with Crippen molar-refractivity contribution in [2.75, 3.05) is 13.1 Å². The zero-order valence-electron chi connectivity index (χ0n) is 14.4. The molecule has 1 aromatic rings. The number of carbonyl (C=O) groups is 3. The van der Waals surface area contributed by atoms with Crippen molar-refractivity contribution in [2.45, 2.75) is 38.4 Å². The largest absolute Gasteiger partial charge is 0.405 e. The van der Waals surface area contributed by atoms with Crippen LogP contribution in [0.4, 0.5) is 18.0 Å². The molecule has 0 saturated carbocycles. The second kappa shape index (κ2) is 7.35. The van der Waals surface area contributed by atoms with Crippen molar-refractivity contribution in [2.24, 2.45) is 0 Å². The van der Waals surface area contributed by atoms with Crippen molar-refractivity contribution >= 4 is 17.8 Å². The molecule has 1 aromatic carbocycles. The van der Waals surface area contributed by atoms with Crippen LogP contribution in [0.2, 0.25) is 0 Å². The molecule has 1 saturated heterocycles. The van der Waals surface area contributed by atoms with Gasteiger partial charge in [-0.05, 0) is 24.5 Å². The fourth-order valence-electron chi connectivity index (χ4n) is 2.73. The van der Waals surface area contributed by atoms with Gasteiger partial charge in [-0.2, -0.15) is 13.2 Å². The van der Waals surface area contributed by atoms with E-state index in [0.717, 1.165) is 18.4 Å². The van der Waals surface area contributed by atoms with E-state index in [2.05, 4.69) is 5.32 Å². The number of imide groups is 1. The Bertz CT molecular complexity index is 703. The van der Waals surface area contributed by atoms with Gasteiger partial charge in [-0.3, -0.25) is 14.5 Å². The summed E-state index contributed by atoms with van der Waals surface area (Å²) in [5.74, 6) is -1.75. The SMILES string of the molecule is CCCc1ccc([C@@]2(C)NC(=O)N(CC(=O)NCC(F)(F)F)C2=O)cc1. The van der Waals surface area contributed by atoms with Gasteiger partial charge < -0.3 is 10.6 Å². The number of alkyl halides is 3. The summed E-state index contributed by atoms with van der Waals surface area (Å²) in [5.41, 5.74) is 0.250. The average molecular weight is 371 g/mol. The summed E-state index contributed by atoms with van der Waals surface area (Å²) in [5, 5.41) is 4.15. The minimum Gasteiger partial charge on any atom is -0.345 e. The van der Waals surface area contributed by atoms with E-state index in [9.17, 15) is 27.6 Å². The van der Waals surface area contributed by atoms with Crippen LogP contribution in [0.25, 0.3) is 0 Å². The van der Waals surface area contributed by atoms with Crippen molar-refractivity contribution in [3.63, 3.8) is 0 Å². The molecule has 2 rings (SSSR count). The van der Waals surface area contributed by atoms with E-state index >= 15 is 0 Å². The Labute approximate surface area is 148 Å². The van der Waals surface area contributed by atoms with E-state index in [4.69, 9.17) is 0 Å². The summed E-state index contributed by atoms with van der Waals surface area (Å²) in [6.45, 7) is 1.24. The van der Waals surface area contributed by atoms with Crippen LogP contribution in [-0.2, 0) is 21.5 Å². The first kappa shape index (κ1) is 19.7. The van der Waals surface area contributed by atoms with Gasteiger partial charge in [0.05, 0.1) is 0 Å². The van der Waals surface area contributed by atoms with E-state index in [0.29, 0.717) is 10.5 Å². The summed E-state index contributed by atoms with van der Waals surface area (Å²) in [6.07, 6.45) is -2.72. The quantitative estimate of drug-likeness (QED) is 0.752. The normalized spacial score (nSPS) is 20.3. The molecule has 142 valence electrons. The van der Waals surface area contributed by atoms with Crippen LogP contribution in [-0.4, -0.2) is 42.0 Å². The molecule has 1 fully saturated rings. The molecule has 1 aliphatic rings. The first-order valence-corrected chi connectivity index (χ1v) is 8.14. The third-order valence-corrected chi connectivity index (χ3v) is 4.13. The number of aryl methyl sites for hydroxylation is 1. The van der Waals surface area contributed by atoms with Gasteiger partial charge in [0.25, 0.3) is 5.91 Å². The van der Waals surface area contributed by atoms with Crippen molar-refractivity contribution in [1.82, 2.24) is 15.5 Å². The lowest BCUT2D eigenvalue weighted by Gasteiger charge is -2.22. The Morgan fingerprint density at radius 2 is 1.85 bits per heavy atom. The zero-order chi connectivity index (χ0) is 19.5. The van der Waals surface area contributed by atoms with Gasteiger partial charge in [0.2, 0.25) is 5.91 Å². The summed E-state index contributed by atoms with van der Waals surface area (Å²) < 4.78 is 36.4. The summed E-state index contributed by atoms with van der Waals surface area (Å²) >= 11 is 0. The van der Waals surface area contributed by atoms with Crippen molar-refractivity contribution in [3.05, 3.63) is 35.4 Å². The average Bonchev–Trinajstić information content (AvgIpc) is 2.77. The van der Waals surface area contributed by atoms with Crippen LogP contribution in [0.5, 0.6) is 0 Å². The number of hydrogen-bond acceptors (Lipinski definition) is 3. The summed E-state index contributed by atoms with van der Waals surface area (Å²) in [7, 11) is 0. The second-order valence-corrected chi connectivity index (χ2v) is 6.29. The number of benzene rings is 1. The molecule has 2 N–H and O–H groups in total. The minimum absolute atomic E-state index is 0.536. The molecule has 4 amide bonds. The highest BCUT2D eigenvalue weighted by Gasteiger charge is 2.49. The first-order valence-electron chi connectivity index (χ1n) is 8.14. The fraction of sp³-hybridized carbons (Fsp3) is 0.471. The summed E-state index contributed by atoms with van der Waals surface area (Å²) in [4.78, 5) is 36.9. The molecule has 0 bridgehead atoms. The second-order valence-electron chi connectivity index (χ2n) is 6.29. The molecule has 1 aliphatic heterocycles. The van der Waals surface area contributed by atoms with Crippen LogP contribution >= 0.6 is 0 Å². The van der Waals surface area contributed by atoms with Crippen LogP contribution < -0.4 is 10.6 Å². The molecule has 0 spiro atoms. The molecule has 6 nitrogen and oxygen atoms in total. The lowest BCUT2D eigenvalue weighted by Crippen LogP contribution is -2.44. The molecule has 0 radical (unpaired) electrons. The van der Waals surface area contributed by atoms with E-state index in [-0.39, 0.29) is 0 Å². The third-order valence-electron chi connectivity index (χ3n) is 4.13. The maximum atomic E-state index is 12.6. The Hall–Kier alpha value is -2.58. The number of halogens is 3. The predicted octanol–water partition coefficient (Wildman–Crippen LogP) is 2.08. The predicted molar refractivity (Wildman–Crippen MR) is 87.1 cm³/mol. The smallest absolute Gasteiger partial charge is 0.345 e. The monoisotopic (exact) mass is 371 g/mol. The molecule has 1 heterocycles. The van der Waals surface area contributed by atoms with E-state index in [1.54, 1.807) is 17.4 Å². The van der Waals surface area contributed by atoms with Crippen LogP contribution in [0.1, 0.15) is 31.4 Å². The topological polar surface area (TPSA) is 78.5 Å². The molecule has 0 aliphatic carbocycles. The van der Waals surface area contributed by atoms with E-state index in [1.807, 2.05) is 19.1 Å². The van der Waals surface area contributed by atoms with Crippen molar-refractivity contribution in [1.29, 1.82) is 0 Å². The highest BCUT2D eigenvalue weighted by atomic mass is 19.4. The Morgan fingerprint density at radius 1 is 1.23 bits per heavy atom. The molecule has 26 heavy (non-hydrogen) atoms. The lowest BCUT2D eigenvalue weighted by atomic mass is 9.91.